The summed E-state index contributed by atoms with van der Waals surface area (Å²) in [6, 6.07) is 10.5. The number of hydroxylamine groups is 3. The van der Waals surface area contributed by atoms with Gasteiger partial charge in [-0.2, -0.15) is 0 Å². The number of rotatable bonds is 1. The van der Waals surface area contributed by atoms with E-state index in [1.807, 2.05) is 32.4 Å². The second-order valence-corrected chi connectivity index (χ2v) is 5.53. The number of quaternary nitrogens is 1. The smallest absolute Gasteiger partial charge is 0.255 e. The molecule has 4 nitrogen and oxygen atoms in total. The summed E-state index contributed by atoms with van der Waals surface area (Å²) in [4.78, 5) is 17.9. The van der Waals surface area contributed by atoms with Crippen LogP contribution in [0.2, 0.25) is 5.02 Å². The fourth-order valence-corrected chi connectivity index (χ4v) is 2.42. The quantitative estimate of drug-likeness (QED) is 0.756. The number of nitrogens with zero attached hydrogens (tertiary/aromatic N) is 2. The summed E-state index contributed by atoms with van der Waals surface area (Å²) >= 11 is 6.07. The van der Waals surface area contributed by atoms with Crippen LogP contribution in [-0.4, -0.2) is 23.3 Å². The molecular formula is C15H14ClN2O2+. The number of benzene rings is 1. The van der Waals surface area contributed by atoms with Gasteiger partial charge in [0.05, 0.1) is 5.56 Å². The summed E-state index contributed by atoms with van der Waals surface area (Å²) in [7, 11) is 3.79. The maximum absolute atomic E-state index is 12.1. The second kappa shape index (κ2) is 4.51. The largest absolute Gasteiger partial charge is 0.310 e. The molecule has 0 amide bonds. The first-order valence-corrected chi connectivity index (χ1v) is 6.58. The molecule has 3 rings (SSSR count). The standard InChI is InChI=1S/C15H14ClN2O2/c1-18(2)10-13(17-8-4-3-5-15(17)19)12-9-11(16)6-7-14(12)20-18/h3-10H,1-2H3/q+1. The van der Waals surface area contributed by atoms with Crippen molar-refractivity contribution in [2.75, 3.05) is 14.1 Å². The number of hydrogen-bond donors (Lipinski definition) is 0. The molecule has 0 atom stereocenters. The van der Waals surface area contributed by atoms with Crippen LogP contribution in [0.15, 0.2) is 53.6 Å². The Balaban J connectivity index is 2.28. The third-order valence-corrected chi connectivity index (χ3v) is 3.30. The number of fused-ring (bicyclic) bond motifs is 1. The number of aromatic nitrogens is 1. The minimum absolute atomic E-state index is 0.0911. The molecule has 5 heteroatoms. The molecule has 2 heterocycles. The zero-order chi connectivity index (χ0) is 14.3. The molecule has 20 heavy (non-hydrogen) atoms. The lowest BCUT2D eigenvalue weighted by Crippen LogP contribution is -2.41. The molecule has 0 saturated carbocycles. The van der Waals surface area contributed by atoms with Crippen molar-refractivity contribution in [3.05, 3.63) is 69.7 Å². The average molecular weight is 290 g/mol. The average Bonchev–Trinajstić information content (AvgIpc) is 2.38. The van der Waals surface area contributed by atoms with E-state index in [9.17, 15) is 4.79 Å². The lowest BCUT2D eigenvalue weighted by Gasteiger charge is -2.30. The third kappa shape index (κ3) is 2.24. The van der Waals surface area contributed by atoms with Crippen molar-refractivity contribution in [1.82, 2.24) is 4.57 Å². The van der Waals surface area contributed by atoms with E-state index in [0.29, 0.717) is 10.8 Å². The molecule has 102 valence electrons. The van der Waals surface area contributed by atoms with Gasteiger partial charge in [0.25, 0.3) is 5.56 Å². The fourth-order valence-electron chi connectivity index (χ4n) is 2.24. The minimum atomic E-state index is -0.0911. The predicted octanol–water partition coefficient (Wildman–Crippen LogP) is 2.73. The molecule has 0 unspecified atom stereocenters. The molecule has 1 aliphatic rings. The third-order valence-electron chi connectivity index (χ3n) is 3.07. The van der Waals surface area contributed by atoms with Crippen LogP contribution >= 0.6 is 11.6 Å². The first-order valence-electron chi connectivity index (χ1n) is 6.20. The number of hydrogen-bond acceptors (Lipinski definition) is 2. The van der Waals surface area contributed by atoms with Gasteiger partial charge in [0.15, 0.2) is 11.9 Å². The van der Waals surface area contributed by atoms with Gasteiger partial charge in [-0.15, -0.1) is 4.65 Å². The Morgan fingerprint density at radius 3 is 2.75 bits per heavy atom. The van der Waals surface area contributed by atoms with Crippen molar-refractivity contribution in [2.24, 2.45) is 0 Å². The van der Waals surface area contributed by atoms with Gasteiger partial charge in [-0.3, -0.25) is 9.36 Å². The van der Waals surface area contributed by atoms with Gasteiger partial charge in [-0.25, -0.2) is 0 Å². The van der Waals surface area contributed by atoms with Gasteiger partial charge in [0.2, 0.25) is 0 Å². The van der Waals surface area contributed by atoms with Crippen LogP contribution in [0.25, 0.3) is 5.70 Å². The SMILES string of the molecule is C[N+]1(C)C=C(n2ccccc2=O)c2cc(Cl)ccc2O1. The molecule has 1 aromatic carbocycles. The summed E-state index contributed by atoms with van der Waals surface area (Å²) in [5.74, 6) is 0.702. The zero-order valence-electron chi connectivity index (χ0n) is 11.2. The van der Waals surface area contributed by atoms with Crippen LogP contribution in [0.3, 0.4) is 0 Å². The molecule has 1 aliphatic heterocycles. The highest BCUT2D eigenvalue weighted by Gasteiger charge is 2.29. The van der Waals surface area contributed by atoms with Crippen molar-refractivity contribution in [3.63, 3.8) is 0 Å². The van der Waals surface area contributed by atoms with Crippen LogP contribution in [0.1, 0.15) is 5.56 Å². The molecule has 1 aromatic heterocycles. The maximum atomic E-state index is 12.1. The summed E-state index contributed by atoms with van der Waals surface area (Å²) in [6.45, 7) is 0. The first kappa shape index (κ1) is 13.0. The van der Waals surface area contributed by atoms with Crippen molar-refractivity contribution in [1.29, 1.82) is 0 Å². The van der Waals surface area contributed by atoms with Crippen molar-refractivity contribution < 1.29 is 9.48 Å². The van der Waals surface area contributed by atoms with Crippen LogP contribution < -0.4 is 10.4 Å². The lowest BCUT2D eigenvalue weighted by atomic mass is 10.1. The van der Waals surface area contributed by atoms with E-state index in [2.05, 4.69) is 0 Å². The van der Waals surface area contributed by atoms with Gasteiger partial charge in [0, 0.05) is 17.3 Å². The summed E-state index contributed by atoms with van der Waals surface area (Å²) in [5, 5.41) is 0.606. The zero-order valence-corrected chi connectivity index (χ0v) is 12.0. The number of halogens is 1. The van der Waals surface area contributed by atoms with E-state index in [4.69, 9.17) is 16.4 Å². The van der Waals surface area contributed by atoms with Gasteiger partial charge < -0.3 is 4.84 Å². The van der Waals surface area contributed by atoms with Crippen LogP contribution in [0, 0.1) is 0 Å². The molecule has 0 bridgehead atoms. The van der Waals surface area contributed by atoms with Crippen molar-refractivity contribution >= 4 is 17.3 Å². The van der Waals surface area contributed by atoms with E-state index in [-0.39, 0.29) is 10.2 Å². The van der Waals surface area contributed by atoms with E-state index in [1.165, 1.54) is 6.07 Å². The molecule has 0 radical (unpaired) electrons. The van der Waals surface area contributed by atoms with E-state index >= 15 is 0 Å². The summed E-state index contributed by atoms with van der Waals surface area (Å²) < 4.78 is 1.79. The number of pyridine rings is 1. The molecular weight excluding hydrogens is 276 g/mol. The van der Waals surface area contributed by atoms with Gasteiger partial charge >= 0.3 is 0 Å². The second-order valence-electron chi connectivity index (χ2n) is 5.09. The highest BCUT2D eigenvalue weighted by molar-refractivity contribution is 6.30. The predicted molar refractivity (Wildman–Crippen MR) is 78.3 cm³/mol. The van der Waals surface area contributed by atoms with Crippen molar-refractivity contribution in [3.8, 4) is 5.75 Å². The molecule has 0 fully saturated rings. The normalized spacial score (nSPS) is 16.1. The molecule has 0 N–H and O–H groups in total. The summed E-state index contributed by atoms with van der Waals surface area (Å²) in [6.07, 6.45) is 3.62. The lowest BCUT2D eigenvalue weighted by molar-refractivity contribution is -1.01. The Morgan fingerprint density at radius 2 is 2.00 bits per heavy atom. The van der Waals surface area contributed by atoms with E-state index in [1.54, 1.807) is 29.0 Å². The minimum Gasteiger partial charge on any atom is -0.310 e. The molecule has 0 spiro atoms. The Morgan fingerprint density at radius 1 is 1.20 bits per heavy atom. The van der Waals surface area contributed by atoms with E-state index < -0.39 is 0 Å². The Bertz CT molecular complexity index is 762. The Kier molecular flexibility index (Phi) is 2.92. The first-order chi connectivity index (χ1) is 9.46. The highest BCUT2D eigenvalue weighted by Crippen LogP contribution is 2.35. The molecule has 0 saturated heterocycles. The highest BCUT2D eigenvalue weighted by atomic mass is 35.5. The van der Waals surface area contributed by atoms with E-state index in [0.717, 1.165) is 11.3 Å². The topological polar surface area (TPSA) is 31.2 Å². The Hall–Kier alpha value is -2.04. The monoisotopic (exact) mass is 289 g/mol. The van der Waals surface area contributed by atoms with Crippen LogP contribution in [0.4, 0.5) is 0 Å². The van der Waals surface area contributed by atoms with Crippen LogP contribution in [0.5, 0.6) is 5.75 Å². The van der Waals surface area contributed by atoms with Gasteiger partial charge in [-0.05, 0) is 24.3 Å². The molecule has 2 aromatic rings. The Labute approximate surface area is 121 Å². The van der Waals surface area contributed by atoms with Crippen molar-refractivity contribution in [2.45, 2.75) is 0 Å². The maximum Gasteiger partial charge on any atom is 0.255 e. The van der Waals surface area contributed by atoms with Crippen LogP contribution in [-0.2, 0) is 0 Å². The summed E-state index contributed by atoms with van der Waals surface area (Å²) in [5.41, 5.74) is 1.49. The fraction of sp³-hybridized carbons (Fsp3) is 0.133. The van der Waals surface area contributed by atoms with Gasteiger partial charge in [0.1, 0.15) is 19.8 Å². The molecule has 0 aliphatic carbocycles. The van der Waals surface area contributed by atoms with Gasteiger partial charge in [-0.1, -0.05) is 17.7 Å².